The van der Waals surface area contributed by atoms with Crippen molar-refractivity contribution >= 4 is 5.65 Å². The van der Waals surface area contributed by atoms with Crippen LogP contribution in [0.5, 0.6) is 0 Å². The normalized spacial score (nSPS) is 21.8. The first-order valence-electron chi connectivity index (χ1n) is 5.91. The van der Waals surface area contributed by atoms with Crippen LogP contribution >= 0.6 is 0 Å². The fraction of sp³-hybridized carbons (Fsp3) is 0.385. The molecule has 0 bridgehead atoms. The van der Waals surface area contributed by atoms with Crippen molar-refractivity contribution in [2.24, 2.45) is 5.92 Å². The fourth-order valence-corrected chi connectivity index (χ4v) is 1.96. The molecule has 0 aromatic carbocycles. The first kappa shape index (κ1) is 11.8. The third kappa shape index (κ3) is 2.07. The van der Waals surface area contributed by atoms with E-state index in [2.05, 4.69) is 16.7 Å². The number of aromatic nitrogens is 3. The molecule has 2 aromatic heterocycles. The van der Waals surface area contributed by atoms with Crippen molar-refractivity contribution in [2.75, 3.05) is 0 Å². The Balaban J connectivity index is 0.000000514. The summed E-state index contributed by atoms with van der Waals surface area (Å²) in [6.45, 7) is 7.77. The molecule has 0 saturated heterocycles. The maximum Gasteiger partial charge on any atom is 0.159 e. The predicted molar refractivity (Wildman–Crippen MR) is 65.3 cm³/mol. The molecule has 1 aliphatic carbocycles. The average molecular weight is 233 g/mol. The Morgan fingerprint density at radius 2 is 2.24 bits per heavy atom. The zero-order valence-electron chi connectivity index (χ0n) is 10.1. The van der Waals surface area contributed by atoms with Crippen LogP contribution in [0.4, 0.5) is 4.39 Å². The predicted octanol–water partition coefficient (Wildman–Crippen LogP) is 3.18. The molecule has 0 N–H and O–H groups in total. The van der Waals surface area contributed by atoms with Crippen LogP contribution in [0.3, 0.4) is 0 Å². The zero-order valence-corrected chi connectivity index (χ0v) is 10.1. The molecule has 3 rings (SSSR count). The van der Waals surface area contributed by atoms with Crippen LogP contribution < -0.4 is 0 Å². The molecule has 1 saturated carbocycles. The van der Waals surface area contributed by atoms with Crippen LogP contribution in [0.1, 0.15) is 31.7 Å². The van der Waals surface area contributed by atoms with Crippen LogP contribution in [0, 0.1) is 11.7 Å². The summed E-state index contributed by atoms with van der Waals surface area (Å²) in [5, 5.41) is 4.09. The van der Waals surface area contributed by atoms with E-state index in [4.69, 9.17) is 0 Å². The number of hydrogen-bond acceptors (Lipinski definition) is 2. The second-order valence-corrected chi connectivity index (χ2v) is 3.88. The monoisotopic (exact) mass is 233 g/mol. The van der Waals surface area contributed by atoms with Crippen molar-refractivity contribution < 1.29 is 4.39 Å². The van der Waals surface area contributed by atoms with E-state index in [-0.39, 0.29) is 5.82 Å². The quantitative estimate of drug-likeness (QED) is 0.746. The topological polar surface area (TPSA) is 30.2 Å². The van der Waals surface area contributed by atoms with Crippen molar-refractivity contribution in [1.29, 1.82) is 0 Å². The summed E-state index contributed by atoms with van der Waals surface area (Å²) in [6.07, 6.45) is 7.40. The Labute approximate surface area is 100.0 Å². The molecule has 0 spiro atoms. The maximum atomic E-state index is 12.9. The summed E-state index contributed by atoms with van der Waals surface area (Å²) in [5.74, 6) is 0.635. The number of allylic oxidation sites excluding steroid dienone is 1. The van der Waals surface area contributed by atoms with Crippen LogP contribution in [0.25, 0.3) is 5.65 Å². The van der Waals surface area contributed by atoms with Crippen LogP contribution in [-0.2, 0) is 0 Å². The highest BCUT2D eigenvalue weighted by Crippen LogP contribution is 2.48. The molecule has 3 nitrogen and oxygen atoms in total. The Hall–Kier alpha value is -1.71. The molecule has 1 aliphatic rings. The van der Waals surface area contributed by atoms with E-state index in [9.17, 15) is 4.39 Å². The van der Waals surface area contributed by atoms with Crippen molar-refractivity contribution in [3.8, 4) is 0 Å². The van der Waals surface area contributed by atoms with Gasteiger partial charge in [0.15, 0.2) is 11.5 Å². The summed E-state index contributed by atoms with van der Waals surface area (Å²) in [4.78, 5) is 4.06. The van der Waals surface area contributed by atoms with E-state index in [1.54, 1.807) is 6.20 Å². The van der Waals surface area contributed by atoms with Gasteiger partial charge in [0.1, 0.15) is 0 Å². The second kappa shape index (κ2) is 4.65. The molecule has 90 valence electrons. The molecule has 2 heterocycles. The highest BCUT2D eigenvalue weighted by atomic mass is 19.1. The highest BCUT2D eigenvalue weighted by Gasteiger charge is 2.38. The van der Waals surface area contributed by atoms with Gasteiger partial charge in [0.25, 0.3) is 0 Å². The minimum Gasteiger partial charge on any atom is -0.234 e. The lowest BCUT2D eigenvalue weighted by molar-refractivity contribution is 0.607. The van der Waals surface area contributed by atoms with Crippen LogP contribution in [-0.4, -0.2) is 14.6 Å². The molecule has 2 aromatic rings. The molecule has 1 fully saturated rings. The first-order valence-corrected chi connectivity index (χ1v) is 5.91. The summed E-state index contributed by atoms with van der Waals surface area (Å²) in [5.41, 5.74) is 1.85. The Bertz CT molecular complexity index is 532. The molecule has 2 atom stereocenters. The minimum absolute atomic E-state index is 0.367. The summed E-state index contributed by atoms with van der Waals surface area (Å²) in [6, 6.07) is 0. The van der Waals surface area contributed by atoms with Gasteiger partial charge in [0, 0.05) is 5.56 Å². The molecule has 0 amide bonds. The van der Waals surface area contributed by atoms with Crippen molar-refractivity contribution in [2.45, 2.75) is 26.2 Å². The van der Waals surface area contributed by atoms with Gasteiger partial charge < -0.3 is 0 Å². The number of rotatable bonds is 2. The summed E-state index contributed by atoms with van der Waals surface area (Å²) >= 11 is 0. The number of fused-ring (bicyclic) bond motifs is 1. The molecule has 4 heteroatoms. The van der Waals surface area contributed by atoms with Crippen molar-refractivity contribution in [3.05, 3.63) is 42.6 Å². The van der Waals surface area contributed by atoms with E-state index in [0.717, 1.165) is 17.6 Å². The number of halogens is 1. The summed E-state index contributed by atoms with van der Waals surface area (Å²) < 4.78 is 14.4. The fourth-order valence-electron chi connectivity index (χ4n) is 1.96. The van der Waals surface area contributed by atoms with Gasteiger partial charge in [0.2, 0.25) is 0 Å². The molecule has 2 unspecified atom stereocenters. The minimum atomic E-state index is -0.367. The Morgan fingerprint density at radius 1 is 1.47 bits per heavy atom. The van der Waals surface area contributed by atoms with Gasteiger partial charge in [-0.05, 0) is 18.3 Å². The SMILES string of the molecule is C=CC1CC1c1cnn2cc(F)cnc12.CC. The van der Waals surface area contributed by atoms with Crippen LogP contribution in [0.15, 0.2) is 31.2 Å². The van der Waals surface area contributed by atoms with Crippen molar-refractivity contribution in [3.63, 3.8) is 0 Å². The molecular weight excluding hydrogens is 217 g/mol. The Morgan fingerprint density at radius 3 is 2.88 bits per heavy atom. The third-order valence-corrected chi connectivity index (χ3v) is 2.89. The molecule has 0 radical (unpaired) electrons. The zero-order chi connectivity index (χ0) is 12.4. The molecule has 17 heavy (non-hydrogen) atoms. The van der Waals surface area contributed by atoms with Gasteiger partial charge in [-0.25, -0.2) is 13.9 Å². The largest absolute Gasteiger partial charge is 0.234 e. The summed E-state index contributed by atoms with van der Waals surface area (Å²) in [7, 11) is 0. The van der Waals surface area contributed by atoms with Gasteiger partial charge in [-0.2, -0.15) is 5.10 Å². The standard InChI is InChI=1S/C11H10FN3.C2H6/c1-2-7-3-9(7)10-5-14-15-6-8(12)4-13-11(10)15;1-2/h2,4-7,9H,1,3H2;1-2H3. The van der Waals surface area contributed by atoms with Gasteiger partial charge in [-0.1, -0.05) is 19.9 Å². The van der Waals surface area contributed by atoms with Crippen LogP contribution in [0.2, 0.25) is 0 Å². The van der Waals surface area contributed by atoms with Gasteiger partial charge in [-0.15, -0.1) is 6.58 Å². The van der Waals surface area contributed by atoms with Gasteiger partial charge in [0.05, 0.1) is 18.6 Å². The number of nitrogens with zero attached hydrogens (tertiary/aromatic N) is 3. The highest BCUT2D eigenvalue weighted by molar-refractivity contribution is 5.50. The van der Waals surface area contributed by atoms with E-state index in [1.165, 1.54) is 16.9 Å². The van der Waals surface area contributed by atoms with E-state index in [0.29, 0.717) is 11.8 Å². The van der Waals surface area contributed by atoms with E-state index in [1.807, 2.05) is 19.9 Å². The Kier molecular flexibility index (Phi) is 3.22. The van der Waals surface area contributed by atoms with E-state index < -0.39 is 0 Å². The maximum absolute atomic E-state index is 12.9. The van der Waals surface area contributed by atoms with Gasteiger partial charge in [-0.3, -0.25) is 0 Å². The molecular formula is C13H16FN3. The van der Waals surface area contributed by atoms with Crippen molar-refractivity contribution in [1.82, 2.24) is 14.6 Å². The molecule has 0 aliphatic heterocycles. The third-order valence-electron chi connectivity index (χ3n) is 2.89. The first-order chi connectivity index (χ1) is 8.29. The van der Waals surface area contributed by atoms with E-state index >= 15 is 0 Å². The lowest BCUT2D eigenvalue weighted by Crippen LogP contribution is -1.92. The second-order valence-electron chi connectivity index (χ2n) is 3.88. The number of hydrogen-bond donors (Lipinski definition) is 0. The lowest BCUT2D eigenvalue weighted by atomic mass is 10.2. The lowest BCUT2D eigenvalue weighted by Gasteiger charge is -1.95. The average Bonchev–Trinajstić information content (AvgIpc) is 3.04. The van der Waals surface area contributed by atoms with Gasteiger partial charge >= 0.3 is 0 Å². The smallest absolute Gasteiger partial charge is 0.159 e.